The fraction of sp³-hybridized carbons (Fsp3) is 0.412. The van der Waals surface area contributed by atoms with Gasteiger partial charge in [0, 0.05) is 0 Å². The summed E-state index contributed by atoms with van der Waals surface area (Å²) in [5.41, 5.74) is 0.720. The van der Waals surface area contributed by atoms with Crippen molar-refractivity contribution < 1.29 is 38.9 Å². The first-order chi connectivity index (χ1) is 12.9. The van der Waals surface area contributed by atoms with E-state index in [-0.39, 0.29) is 13.2 Å². The predicted octanol–water partition coefficient (Wildman–Crippen LogP) is -0.204. The third-order valence-corrected chi connectivity index (χ3v) is 3.29. The Morgan fingerprint density at radius 3 is 2.26 bits per heavy atom. The second kappa shape index (κ2) is 11.5. The van der Waals surface area contributed by atoms with Crippen molar-refractivity contribution in [3.63, 3.8) is 0 Å². The number of ether oxygens (including phenoxy) is 2. The summed E-state index contributed by atoms with van der Waals surface area (Å²) in [6.07, 6.45) is -1.56. The van der Waals surface area contributed by atoms with Gasteiger partial charge in [-0.05, 0) is 12.5 Å². The van der Waals surface area contributed by atoms with Crippen molar-refractivity contribution in [3.8, 4) is 0 Å². The van der Waals surface area contributed by atoms with E-state index in [1.807, 2.05) is 0 Å². The third-order valence-electron chi connectivity index (χ3n) is 3.29. The van der Waals surface area contributed by atoms with Crippen molar-refractivity contribution in [1.82, 2.24) is 10.6 Å². The minimum atomic E-state index is -1.56. The Hall–Kier alpha value is -3.14. The van der Waals surface area contributed by atoms with Crippen molar-refractivity contribution in [2.24, 2.45) is 0 Å². The average Bonchev–Trinajstić information content (AvgIpc) is 2.64. The fourth-order valence-electron chi connectivity index (χ4n) is 1.96. The molecule has 4 N–H and O–H groups in total. The highest BCUT2D eigenvalue weighted by Gasteiger charge is 2.28. The van der Waals surface area contributed by atoms with Crippen LogP contribution in [0.2, 0.25) is 0 Å². The molecule has 0 aliphatic rings. The van der Waals surface area contributed by atoms with Crippen LogP contribution in [0.3, 0.4) is 0 Å². The number of carboxylic acid groups (broad SMARTS) is 1. The lowest BCUT2D eigenvalue weighted by Crippen LogP contribution is -2.53. The van der Waals surface area contributed by atoms with Crippen LogP contribution in [0.1, 0.15) is 18.9 Å². The monoisotopic (exact) mass is 382 g/mol. The van der Waals surface area contributed by atoms with Gasteiger partial charge in [0.25, 0.3) is 0 Å². The van der Waals surface area contributed by atoms with Crippen LogP contribution in [-0.4, -0.2) is 59.4 Å². The first-order valence-electron chi connectivity index (χ1n) is 8.14. The molecule has 10 heteroatoms. The van der Waals surface area contributed by atoms with Crippen LogP contribution in [0.4, 0.5) is 4.79 Å². The second-order valence-corrected chi connectivity index (χ2v) is 5.35. The molecule has 1 rings (SSSR count). The second-order valence-electron chi connectivity index (χ2n) is 5.35. The van der Waals surface area contributed by atoms with E-state index in [2.05, 4.69) is 15.4 Å². The fourth-order valence-corrected chi connectivity index (χ4v) is 1.96. The van der Waals surface area contributed by atoms with Crippen molar-refractivity contribution in [1.29, 1.82) is 0 Å². The van der Waals surface area contributed by atoms with E-state index < -0.39 is 49.1 Å². The minimum Gasteiger partial charge on any atom is -0.480 e. The summed E-state index contributed by atoms with van der Waals surface area (Å²) in [7, 11) is 0. The molecule has 0 saturated heterocycles. The van der Waals surface area contributed by atoms with E-state index in [4.69, 9.17) is 9.84 Å². The largest absolute Gasteiger partial charge is 0.480 e. The van der Waals surface area contributed by atoms with Gasteiger partial charge in [-0.25, -0.2) is 9.59 Å². The molecule has 0 heterocycles. The van der Waals surface area contributed by atoms with Gasteiger partial charge in [0.1, 0.15) is 18.7 Å². The molecule has 0 radical (unpaired) electrons. The van der Waals surface area contributed by atoms with E-state index in [1.54, 1.807) is 37.3 Å². The molecule has 27 heavy (non-hydrogen) atoms. The lowest BCUT2D eigenvalue weighted by molar-refractivity contribution is -0.150. The number of benzene rings is 1. The van der Waals surface area contributed by atoms with E-state index in [0.717, 1.165) is 5.56 Å². The summed E-state index contributed by atoms with van der Waals surface area (Å²) in [5.74, 6) is -3.24. The highest BCUT2D eigenvalue weighted by molar-refractivity contribution is 5.91. The zero-order valence-corrected chi connectivity index (χ0v) is 14.7. The first-order valence-corrected chi connectivity index (χ1v) is 8.14. The van der Waals surface area contributed by atoms with Crippen LogP contribution in [0.15, 0.2) is 30.3 Å². The molecule has 2 amide bonds. The zero-order valence-electron chi connectivity index (χ0n) is 14.7. The van der Waals surface area contributed by atoms with E-state index in [0.29, 0.717) is 0 Å². The Balaban J connectivity index is 2.56. The maximum atomic E-state index is 12.1. The Kier molecular flexibility index (Phi) is 9.30. The number of aliphatic hydroxyl groups is 1. The predicted molar refractivity (Wildman–Crippen MR) is 91.5 cm³/mol. The number of carbonyl (C=O) groups excluding carboxylic acids is 3. The van der Waals surface area contributed by atoms with Gasteiger partial charge >= 0.3 is 18.0 Å². The van der Waals surface area contributed by atoms with Gasteiger partial charge in [0.2, 0.25) is 5.91 Å². The Labute approximate surface area is 155 Å². The number of aliphatic carboxylic acids is 1. The average molecular weight is 382 g/mol. The van der Waals surface area contributed by atoms with Crippen LogP contribution in [0.25, 0.3) is 0 Å². The number of esters is 1. The molecule has 1 aromatic carbocycles. The molecule has 0 aliphatic carbocycles. The molecule has 148 valence electrons. The zero-order chi connectivity index (χ0) is 20.2. The Bertz CT molecular complexity index is 650. The molecule has 0 bridgehead atoms. The smallest absolute Gasteiger partial charge is 0.408 e. The highest BCUT2D eigenvalue weighted by atomic mass is 16.5. The van der Waals surface area contributed by atoms with Crippen molar-refractivity contribution in [3.05, 3.63) is 35.9 Å². The first kappa shape index (κ1) is 21.9. The standard InChI is InChI=1S/C17H22N2O8/c1-2-26-14(21)8-12(16(23)24)18-15(22)13(9-20)19-17(25)27-10-11-6-4-3-5-7-11/h3-7,12-13,20H,2,8-10H2,1H3,(H,18,22)(H,19,25)(H,23,24)/t12-,13+/m1/s1. The molecule has 0 saturated carbocycles. The number of carboxylic acids is 1. The number of aliphatic hydroxyl groups excluding tert-OH is 1. The van der Waals surface area contributed by atoms with Gasteiger partial charge in [-0.15, -0.1) is 0 Å². The van der Waals surface area contributed by atoms with Gasteiger partial charge in [0.15, 0.2) is 0 Å². The molecule has 0 aromatic heterocycles. The topological polar surface area (TPSA) is 151 Å². The molecule has 10 nitrogen and oxygen atoms in total. The van der Waals surface area contributed by atoms with Crippen LogP contribution >= 0.6 is 0 Å². The molecule has 0 spiro atoms. The van der Waals surface area contributed by atoms with Crippen molar-refractivity contribution in [2.45, 2.75) is 32.0 Å². The van der Waals surface area contributed by atoms with Crippen molar-refractivity contribution >= 4 is 23.9 Å². The SMILES string of the molecule is CCOC(=O)C[C@@H](NC(=O)[C@H](CO)NC(=O)OCc1ccccc1)C(=O)O. The van der Waals surface area contributed by atoms with Crippen LogP contribution < -0.4 is 10.6 Å². The quantitative estimate of drug-likeness (QED) is 0.406. The van der Waals surface area contributed by atoms with Gasteiger partial charge in [-0.2, -0.15) is 0 Å². The third kappa shape index (κ3) is 8.19. The number of rotatable bonds is 10. The lowest BCUT2D eigenvalue weighted by Gasteiger charge is -2.19. The summed E-state index contributed by atoms with van der Waals surface area (Å²) >= 11 is 0. The van der Waals surface area contributed by atoms with Crippen LogP contribution in [0.5, 0.6) is 0 Å². The number of alkyl carbamates (subject to hydrolysis) is 1. The number of nitrogens with one attached hydrogen (secondary N) is 2. The number of amides is 2. The van der Waals surface area contributed by atoms with Gasteiger partial charge in [-0.3, -0.25) is 9.59 Å². The summed E-state index contributed by atoms with van der Waals surface area (Å²) in [5, 5.41) is 22.6. The summed E-state index contributed by atoms with van der Waals surface area (Å²) in [6, 6.07) is 5.77. The van der Waals surface area contributed by atoms with Crippen LogP contribution in [0, 0.1) is 0 Å². The normalized spacial score (nSPS) is 12.4. The number of hydrogen-bond acceptors (Lipinski definition) is 7. The summed E-state index contributed by atoms with van der Waals surface area (Å²) < 4.78 is 9.56. The molecule has 1 aromatic rings. The maximum absolute atomic E-state index is 12.1. The van der Waals surface area contributed by atoms with Crippen molar-refractivity contribution in [2.75, 3.05) is 13.2 Å². The van der Waals surface area contributed by atoms with E-state index in [9.17, 15) is 24.3 Å². The van der Waals surface area contributed by atoms with E-state index in [1.165, 1.54) is 0 Å². The number of carbonyl (C=O) groups is 4. The molecule has 0 unspecified atom stereocenters. The Morgan fingerprint density at radius 1 is 1.04 bits per heavy atom. The maximum Gasteiger partial charge on any atom is 0.408 e. The molecule has 0 aliphatic heterocycles. The number of hydrogen-bond donors (Lipinski definition) is 4. The summed E-state index contributed by atoms with van der Waals surface area (Å²) in [6.45, 7) is 0.775. The molecular formula is C17H22N2O8. The van der Waals surface area contributed by atoms with Gasteiger partial charge in [0.05, 0.1) is 19.6 Å². The lowest BCUT2D eigenvalue weighted by atomic mass is 10.2. The summed E-state index contributed by atoms with van der Waals surface area (Å²) in [4.78, 5) is 46.4. The molecular weight excluding hydrogens is 360 g/mol. The Morgan fingerprint density at radius 2 is 1.70 bits per heavy atom. The van der Waals surface area contributed by atoms with E-state index >= 15 is 0 Å². The van der Waals surface area contributed by atoms with Crippen LogP contribution in [-0.2, 0) is 30.5 Å². The molecule has 0 fully saturated rings. The van der Waals surface area contributed by atoms with Gasteiger partial charge < -0.3 is 30.3 Å². The molecule has 2 atom stereocenters. The minimum absolute atomic E-state index is 0.0486. The highest BCUT2D eigenvalue weighted by Crippen LogP contribution is 2.01. The van der Waals surface area contributed by atoms with Gasteiger partial charge in [-0.1, -0.05) is 30.3 Å².